The van der Waals surface area contributed by atoms with Crippen LogP contribution in [0, 0.1) is 0 Å². The largest absolute Gasteiger partial charge is 0.462 e. The second-order valence-corrected chi connectivity index (χ2v) is 16.1. The van der Waals surface area contributed by atoms with Crippen LogP contribution in [0.1, 0.15) is 213 Å². The molecule has 346 valence electrons. The quantitative estimate of drug-likeness (QED) is 0.0200. The van der Waals surface area contributed by atoms with Gasteiger partial charge in [0.05, 0.1) is 0 Å². The van der Waals surface area contributed by atoms with Gasteiger partial charge in [-0.05, 0) is 77.0 Å². The van der Waals surface area contributed by atoms with Gasteiger partial charge < -0.3 is 14.2 Å². The lowest BCUT2D eigenvalue weighted by Gasteiger charge is -2.18. The van der Waals surface area contributed by atoms with Gasteiger partial charge in [-0.15, -0.1) is 0 Å². The van der Waals surface area contributed by atoms with E-state index in [1.165, 1.54) is 64.2 Å². The number of hydrogen-bond donors (Lipinski definition) is 0. The molecule has 0 bridgehead atoms. The zero-order chi connectivity index (χ0) is 44.4. The molecule has 0 aliphatic carbocycles. The van der Waals surface area contributed by atoms with Crippen LogP contribution in [0.4, 0.5) is 0 Å². The number of unbranched alkanes of at least 4 members (excludes halogenated alkanes) is 19. The lowest BCUT2D eigenvalue weighted by atomic mass is 10.1. The highest BCUT2D eigenvalue weighted by Crippen LogP contribution is 2.14. The molecular weight excluding hydrogens is 757 g/mol. The Morgan fingerprint density at radius 1 is 0.361 bits per heavy atom. The summed E-state index contributed by atoms with van der Waals surface area (Å²) in [6.45, 7) is 6.32. The summed E-state index contributed by atoms with van der Waals surface area (Å²) in [4.78, 5) is 37.9. The molecule has 0 saturated carbocycles. The Kier molecular flexibility index (Phi) is 46.0. The third-order valence-corrected chi connectivity index (χ3v) is 10.2. The van der Waals surface area contributed by atoms with Crippen molar-refractivity contribution in [3.8, 4) is 0 Å². The molecular formula is C55H90O6. The molecule has 0 rings (SSSR count). The average Bonchev–Trinajstić information content (AvgIpc) is 3.26. The number of hydrogen-bond acceptors (Lipinski definition) is 6. The second-order valence-electron chi connectivity index (χ2n) is 16.1. The zero-order valence-corrected chi connectivity index (χ0v) is 39.4. The first kappa shape index (κ1) is 57.3. The van der Waals surface area contributed by atoms with E-state index in [0.717, 1.165) is 103 Å². The van der Waals surface area contributed by atoms with Crippen LogP contribution in [-0.4, -0.2) is 37.2 Å². The maximum Gasteiger partial charge on any atom is 0.306 e. The van der Waals surface area contributed by atoms with Crippen molar-refractivity contribution in [3.63, 3.8) is 0 Å². The van der Waals surface area contributed by atoms with Gasteiger partial charge in [0, 0.05) is 19.3 Å². The summed E-state index contributed by atoms with van der Waals surface area (Å²) in [6, 6.07) is 0. The maximum absolute atomic E-state index is 12.7. The van der Waals surface area contributed by atoms with Gasteiger partial charge in [-0.1, -0.05) is 214 Å². The predicted octanol–water partition coefficient (Wildman–Crippen LogP) is 16.2. The molecule has 0 spiro atoms. The van der Waals surface area contributed by atoms with Crippen molar-refractivity contribution in [3.05, 3.63) is 97.2 Å². The van der Waals surface area contributed by atoms with E-state index in [1.54, 1.807) is 0 Å². The van der Waals surface area contributed by atoms with E-state index in [4.69, 9.17) is 14.2 Å². The summed E-state index contributed by atoms with van der Waals surface area (Å²) in [5.41, 5.74) is 0. The van der Waals surface area contributed by atoms with Gasteiger partial charge in [0.25, 0.3) is 0 Å². The molecule has 1 unspecified atom stereocenters. The Bertz CT molecular complexity index is 1250. The standard InChI is InChI=1S/C55H90O6/c1-4-7-10-13-16-19-22-24-25-26-27-28-29-31-33-36-39-42-45-48-54(57)60-51-52(50-59-53(56)47-44-41-38-35-32-21-18-15-12-9-6-3)61-55(58)49-46-43-40-37-34-30-23-20-17-14-11-8-5-2/h7-8,10-11,14,16-17,19-20,23-25,27-28,30,34,52H,4-6,9,12-13,15,18,21-22,26,29,31-33,35-51H2,1-3H3/b10-7-,11-8-,17-14-,19-16-,23-20-,25-24-,28-27-,34-30-. The van der Waals surface area contributed by atoms with E-state index >= 15 is 0 Å². The molecule has 0 amide bonds. The summed E-state index contributed by atoms with van der Waals surface area (Å²) in [7, 11) is 0. The SMILES string of the molecule is CC\C=C/C=C\C=C/C=C\CCCCCC(=O)OC(COC(=O)CCCCCCCC/C=C\C/C=C\C/C=C\C/C=C\CC)COC(=O)CCCCCCCCCCCCC. The van der Waals surface area contributed by atoms with E-state index in [2.05, 4.69) is 81.5 Å². The summed E-state index contributed by atoms with van der Waals surface area (Å²) >= 11 is 0. The molecule has 6 heteroatoms. The minimum Gasteiger partial charge on any atom is -0.462 e. The van der Waals surface area contributed by atoms with Crippen molar-refractivity contribution in [2.45, 2.75) is 219 Å². The molecule has 6 nitrogen and oxygen atoms in total. The van der Waals surface area contributed by atoms with Crippen molar-refractivity contribution < 1.29 is 28.6 Å². The van der Waals surface area contributed by atoms with Crippen LogP contribution < -0.4 is 0 Å². The van der Waals surface area contributed by atoms with Crippen molar-refractivity contribution in [2.24, 2.45) is 0 Å². The lowest BCUT2D eigenvalue weighted by molar-refractivity contribution is -0.167. The molecule has 0 aromatic rings. The van der Waals surface area contributed by atoms with Gasteiger partial charge in [-0.25, -0.2) is 0 Å². The first-order valence-corrected chi connectivity index (χ1v) is 24.8. The molecule has 0 radical (unpaired) electrons. The Morgan fingerprint density at radius 3 is 1.21 bits per heavy atom. The topological polar surface area (TPSA) is 78.9 Å². The highest BCUT2D eigenvalue weighted by molar-refractivity contribution is 5.71. The second kappa shape index (κ2) is 49.0. The molecule has 1 atom stereocenters. The third kappa shape index (κ3) is 47.2. The third-order valence-electron chi connectivity index (χ3n) is 10.2. The van der Waals surface area contributed by atoms with Crippen LogP contribution >= 0.6 is 0 Å². The van der Waals surface area contributed by atoms with Gasteiger partial charge in [0.1, 0.15) is 13.2 Å². The predicted molar refractivity (Wildman–Crippen MR) is 260 cm³/mol. The molecule has 0 fully saturated rings. The molecule has 0 aliphatic rings. The number of esters is 3. The number of carbonyl (C=O) groups excluding carboxylic acids is 3. The Balaban J connectivity index is 4.43. The molecule has 0 heterocycles. The first-order chi connectivity index (χ1) is 30.0. The fourth-order valence-electron chi connectivity index (χ4n) is 6.50. The summed E-state index contributed by atoms with van der Waals surface area (Å²) in [6.07, 6.45) is 63.9. The fourth-order valence-corrected chi connectivity index (χ4v) is 6.50. The van der Waals surface area contributed by atoms with Gasteiger partial charge in [0.15, 0.2) is 6.10 Å². The van der Waals surface area contributed by atoms with Crippen molar-refractivity contribution in [2.75, 3.05) is 13.2 Å². The van der Waals surface area contributed by atoms with E-state index in [9.17, 15) is 14.4 Å². The molecule has 0 aromatic heterocycles. The van der Waals surface area contributed by atoms with Gasteiger partial charge in [0.2, 0.25) is 0 Å². The summed E-state index contributed by atoms with van der Waals surface area (Å²) in [5, 5.41) is 0. The summed E-state index contributed by atoms with van der Waals surface area (Å²) in [5.74, 6) is -0.958. The first-order valence-electron chi connectivity index (χ1n) is 24.8. The van der Waals surface area contributed by atoms with Crippen LogP contribution in [-0.2, 0) is 28.6 Å². The average molecular weight is 847 g/mol. The van der Waals surface area contributed by atoms with Crippen LogP contribution in [0.25, 0.3) is 0 Å². The van der Waals surface area contributed by atoms with Crippen LogP contribution in [0.15, 0.2) is 97.2 Å². The Morgan fingerprint density at radius 2 is 0.721 bits per heavy atom. The lowest BCUT2D eigenvalue weighted by Crippen LogP contribution is -2.30. The molecule has 0 aromatic carbocycles. The number of ether oxygens (including phenoxy) is 3. The number of carbonyl (C=O) groups is 3. The van der Waals surface area contributed by atoms with Crippen LogP contribution in [0.5, 0.6) is 0 Å². The van der Waals surface area contributed by atoms with Gasteiger partial charge >= 0.3 is 17.9 Å². The Hall–Kier alpha value is -3.67. The Labute approximate surface area is 375 Å². The highest BCUT2D eigenvalue weighted by Gasteiger charge is 2.19. The summed E-state index contributed by atoms with van der Waals surface area (Å²) < 4.78 is 16.7. The monoisotopic (exact) mass is 847 g/mol. The molecule has 0 aliphatic heterocycles. The van der Waals surface area contributed by atoms with E-state index < -0.39 is 6.10 Å². The van der Waals surface area contributed by atoms with Crippen LogP contribution in [0.2, 0.25) is 0 Å². The molecule has 0 N–H and O–H groups in total. The van der Waals surface area contributed by atoms with Crippen molar-refractivity contribution in [1.29, 1.82) is 0 Å². The smallest absolute Gasteiger partial charge is 0.306 e. The highest BCUT2D eigenvalue weighted by atomic mass is 16.6. The normalized spacial score (nSPS) is 12.9. The van der Waals surface area contributed by atoms with E-state index in [-0.39, 0.29) is 37.5 Å². The number of rotatable bonds is 43. The zero-order valence-electron chi connectivity index (χ0n) is 39.4. The van der Waals surface area contributed by atoms with E-state index in [1.807, 2.05) is 36.5 Å². The van der Waals surface area contributed by atoms with Crippen molar-refractivity contribution in [1.82, 2.24) is 0 Å². The van der Waals surface area contributed by atoms with E-state index in [0.29, 0.717) is 19.3 Å². The van der Waals surface area contributed by atoms with Crippen molar-refractivity contribution >= 4 is 17.9 Å². The van der Waals surface area contributed by atoms with Gasteiger partial charge in [-0.3, -0.25) is 14.4 Å². The maximum atomic E-state index is 12.7. The van der Waals surface area contributed by atoms with Crippen LogP contribution in [0.3, 0.4) is 0 Å². The number of allylic oxidation sites excluding steroid dienone is 16. The van der Waals surface area contributed by atoms with Gasteiger partial charge in [-0.2, -0.15) is 0 Å². The minimum atomic E-state index is -0.802. The fraction of sp³-hybridized carbons (Fsp3) is 0.655. The molecule has 61 heavy (non-hydrogen) atoms. The minimum absolute atomic E-state index is 0.0980. The molecule has 0 saturated heterocycles.